The number of nitrogens with zero attached hydrogens (tertiary/aromatic N) is 4. The van der Waals surface area contributed by atoms with Gasteiger partial charge in [0.1, 0.15) is 42.6 Å². The number of carbonyl (C=O) groups excluding carboxylic acids is 2. The molecule has 6 aliphatic rings. The molecular weight excluding hydrogens is 1000 g/mol. The summed E-state index contributed by atoms with van der Waals surface area (Å²) in [5.41, 5.74) is 10.3. The third-order valence-corrected chi connectivity index (χ3v) is 18.3. The van der Waals surface area contributed by atoms with Crippen LogP contribution in [0.3, 0.4) is 0 Å². The van der Waals surface area contributed by atoms with Crippen molar-refractivity contribution in [2.75, 3.05) is 69.1 Å². The molecule has 4 aromatic carbocycles. The fourth-order valence-electron chi connectivity index (χ4n) is 12.1. The van der Waals surface area contributed by atoms with Crippen LogP contribution in [0.2, 0.25) is 0 Å². The van der Waals surface area contributed by atoms with Crippen LogP contribution in [0, 0.1) is 0 Å². The van der Waals surface area contributed by atoms with Gasteiger partial charge in [-0.25, -0.2) is 0 Å². The standard InChI is InChI=1S/C63H70N5O7S2/c69-44(16-3-1-10-32-65-34-27-45-58-49(65)20-13-22-51(58)74-53-29-36-67-47-18-5-7-24-55(47)76-62(67)60(45)53)17-9-12-38-71-40-42-73-43-41-72-39-15-31-64-57(70)26-4-2-11-33-66-35-28-46-59-50(66)21-14-23-52(59)75-54-30-37-68-48-19-6-8-25-56(48)77-63(68)61(46)54/h5-8,13-14,18-25,27-28,34-35,53-54H,1-4,9-12,15-17,26,29-33,36-43H2/q+1/p+1. The number of anilines is 2. The first-order valence-corrected chi connectivity index (χ1v) is 30.0. The zero-order valence-electron chi connectivity index (χ0n) is 44.2. The second-order valence-electron chi connectivity index (χ2n) is 21.0. The van der Waals surface area contributed by atoms with E-state index < -0.39 is 0 Å². The zero-order chi connectivity index (χ0) is 51.9. The normalized spacial score (nSPS) is 17.4. The Kier molecular flexibility index (Phi) is 16.4. The highest BCUT2D eigenvalue weighted by Crippen LogP contribution is 2.56. The summed E-state index contributed by atoms with van der Waals surface area (Å²) in [6, 6.07) is 34.9. The van der Waals surface area contributed by atoms with E-state index in [0.717, 1.165) is 108 Å². The summed E-state index contributed by atoms with van der Waals surface area (Å²) in [5, 5.41) is 8.10. The predicted molar refractivity (Wildman–Crippen MR) is 305 cm³/mol. The number of carbonyl (C=O) groups is 2. The highest BCUT2D eigenvalue weighted by molar-refractivity contribution is 8.04. The van der Waals surface area contributed by atoms with Crippen LogP contribution < -0.4 is 33.7 Å². The third-order valence-electron chi connectivity index (χ3n) is 15.9. The molecule has 2 unspecified atom stereocenters. The number of amides is 1. The SMILES string of the molecule is O=C(CCCCC[n+]1ccc2c3c(cccc31)OC1CCN3C(=C21)Sc1ccccc13)CCCCOCCOCCOCCCNC(=O)CCCCC[n+]1ccc2c3c(cccc31)OC1CCN3C(=C21)Sc1ccccc13. The summed E-state index contributed by atoms with van der Waals surface area (Å²) in [6.45, 7) is 7.64. The Labute approximate surface area is 461 Å². The first-order valence-electron chi connectivity index (χ1n) is 28.4. The number of ketones is 1. The van der Waals surface area contributed by atoms with Crippen molar-refractivity contribution < 1.29 is 42.4 Å². The van der Waals surface area contributed by atoms with Crippen molar-refractivity contribution in [3.05, 3.63) is 131 Å². The van der Waals surface area contributed by atoms with Crippen LogP contribution in [0.15, 0.2) is 129 Å². The molecule has 400 valence electrons. The zero-order valence-corrected chi connectivity index (χ0v) is 45.8. The van der Waals surface area contributed by atoms with Crippen LogP contribution in [-0.2, 0) is 36.9 Å². The van der Waals surface area contributed by atoms with E-state index in [9.17, 15) is 9.59 Å². The Hall–Kier alpha value is -5.90. The summed E-state index contributed by atoms with van der Waals surface area (Å²) >= 11 is 3.75. The molecule has 2 aromatic heterocycles. The molecule has 0 saturated carbocycles. The van der Waals surface area contributed by atoms with Gasteiger partial charge in [-0.15, -0.1) is 0 Å². The molecule has 6 aliphatic heterocycles. The fourth-order valence-corrected chi connectivity index (χ4v) is 14.6. The van der Waals surface area contributed by atoms with Crippen LogP contribution in [0.25, 0.3) is 33.0 Å². The molecule has 6 aromatic rings. The van der Waals surface area contributed by atoms with Gasteiger partial charge in [0, 0.05) is 134 Å². The smallest absolute Gasteiger partial charge is 0.219 e. The molecule has 2 atom stereocenters. The van der Waals surface area contributed by atoms with Crippen LogP contribution in [0.1, 0.15) is 101 Å². The van der Waals surface area contributed by atoms with Gasteiger partial charge in [0.25, 0.3) is 0 Å². The second kappa shape index (κ2) is 24.4. The number of ether oxygens (including phenoxy) is 5. The van der Waals surface area contributed by atoms with Crippen LogP contribution >= 0.6 is 23.5 Å². The van der Waals surface area contributed by atoms with Crippen molar-refractivity contribution in [1.82, 2.24) is 5.32 Å². The monoisotopic (exact) mass is 1070 g/mol. The van der Waals surface area contributed by atoms with Gasteiger partial charge in [0.15, 0.2) is 12.4 Å². The maximum absolute atomic E-state index is 12.7. The quantitative estimate of drug-likeness (QED) is 0.0394. The average molecular weight is 1070 g/mol. The van der Waals surface area contributed by atoms with Crippen molar-refractivity contribution in [2.24, 2.45) is 0 Å². The molecule has 12 rings (SSSR count). The minimum atomic E-state index is 0.0726. The van der Waals surface area contributed by atoms with Gasteiger partial charge in [-0.3, -0.25) is 9.59 Å². The number of para-hydroxylation sites is 2. The topological polar surface area (TPSA) is 107 Å². The van der Waals surface area contributed by atoms with E-state index in [-0.39, 0.29) is 18.1 Å². The van der Waals surface area contributed by atoms with E-state index >= 15 is 0 Å². The Morgan fingerprint density at radius 2 is 1.03 bits per heavy atom. The number of hydrogen-bond donors (Lipinski definition) is 1. The lowest BCUT2D eigenvalue weighted by atomic mass is 9.90. The minimum Gasteiger partial charge on any atom is -0.485 e. The lowest BCUT2D eigenvalue weighted by Gasteiger charge is -2.37. The summed E-state index contributed by atoms with van der Waals surface area (Å²) in [7, 11) is 0. The van der Waals surface area contributed by atoms with Crippen LogP contribution in [-0.4, -0.2) is 83.2 Å². The fraction of sp³-hybridized carbons (Fsp3) is 0.429. The van der Waals surface area contributed by atoms with Gasteiger partial charge in [0.05, 0.1) is 58.6 Å². The molecule has 77 heavy (non-hydrogen) atoms. The molecule has 0 radical (unpaired) electrons. The lowest BCUT2D eigenvalue weighted by Crippen LogP contribution is -2.38. The number of pyridine rings is 2. The number of hydrogen-bond acceptors (Lipinski definition) is 11. The largest absolute Gasteiger partial charge is 0.485 e. The van der Waals surface area contributed by atoms with E-state index in [1.54, 1.807) is 0 Å². The molecule has 0 fully saturated rings. The molecule has 0 spiro atoms. The molecule has 8 heterocycles. The number of benzene rings is 4. The summed E-state index contributed by atoms with van der Waals surface area (Å²) < 4.78 is 35.2. The van der Waals surface area contributed by atoms with E-state index in [1.165, 1.54) is 75.3 Å². The Bertz CT molecular complexity index is 3010. The maximum atomic E-state index is 12.7. The number of fused-ring (bicyclic) bond motifs is 10. The van der Waals surface area contributed by atoms with Gasteiger partial charge in [-0.05, 0) is 81.3 Å². The van der Waals surface area contributed by atoms with Crippen molar-refractivity contribution in [3.63, 3.8) is 0 Å². The predicted octanol–water partition coefficient (Wildman–Crippen LogP) is 11.6. The molecular formula is C63H71N5O7S2+2. The summed E-state index contributed by atoms with van der Waals surface area (Å²) in [6.07, 6.45) is 16.7. The molecule has 0 saturated heterocycles. The van der Waals surface area contributed by atoms with Crippen molar-refractivity contribution in [2.45, 2.75) is 125 Å². The van der Waals surface area contributed by atoms with Gasteiger partial charge < -0.3 is 38.8 Å². The van der Waals surface area contributed by atoms with Gasteiger partial charge >= 0.3 is 0 Å². The van der Waals surface area contributed by atoms with Crippen LogP contribution in [0.4, 0.5) is 11.4 Å². The van der Waals surface area contributed by atoms with E-state index in [1.807, 2.05) is 23.5 Å². The van der Waals surface area contributed by atoms with Gasteiger partial charge in [0.2, 0.25) is 16.9 Å². The number of thioether (sulfide) groups is 2. The third kappa shape index (κ3) is 11.2. The van der Waals surface area contributed by atoms with Gasteiger partial charge in [-0.2, -0.15) is 9.13 Å². The highest BCUT2D eigenvalue weighted by Gasteiger charge is 2.42. The molecule has 0 aliphatic carbocycles. The number of Topliss-reactive ketones (excluding diaryl/α,β-unsaturated/α-hetero) is 1. The summed E-state index contributed by atoms with van der Waals surface area (Å²) in [4.78, 5) is 32.8. The van der Waals surface area contributed by atoms with Crippen molar-refractivity contribution in [1.29, 1.82) is 0 Å². The Balaban J connectivity index is 0.462. The van der Waals surface area contributed by atoms with Crippen molar-refractivity contribution >= 4 is 79.5 Å². The lowest BCUT2D eigenvalue weighted by molar-refractivity contribution is -0.672. The van der Waals surface area contributed by atoms with E-state index in [4.69, 9.17) is 23.7 Å². The van der Waals surface area contributed by atoms with Crippen molar-refractivity contribution in [3.8, 4) is 11.5 Å². The minimum absolute atomic E-state index is 0.0726. The molecule has 12 nitrogen and oxygen atoms in total. The Morgan fingerprint density at radius 1 is 0.532 bits per heavy atom. The number of unbranched alkanes of at least 4 members (excludes halogenated alkanes) is 5. The first-order chi connectivity index (χ1) is 38.1. The number of aryl methyl sites for hydroxylation is 2. The number of nitrogens with one attached hydrogen (secondary N) is 1. The second-order valence-corrected chi connectivity index (χ2v) is 23.0. The average Bonchev–Trinajstić information content (AvgIpc) is 4.08. The van der Waals surface area contributed by atoms with Crippen LogP contribution in [0.5, 0.6) is 11.5 Å². The van der Waals surface area contributed by atoms with E-state index in [2.05, 4.69) is 134 Å². The summed E-state index contributed by atoms with van der Waals surface area (Å²) in [5.74, 6) is 2.42. The first kappa shape index (κ1) is 51.8. The van der Waals surface area contributed by atoms with Gasteiger partial charge in [-0.1, -0.05) is 59.9 Å². The molecule has 1 amide bonds. The number of aromatic nitrogens is 2. The maximum Gasteiger partial charge on any atom is 0.219 e. The molecule has 0 bridgehead atoms. The number of rotatable bonds is 27. The van der Waals surface area contributed by atoms with E-state index in [0.29, 0.717) is 71.2 Å². The molecule has 1 N–H and O–H groups in total. The molecule has 14 heteroatoms. The Morgan fingerprint density at radius 3 is 1.58 bits per heavy atom. The highest BCUT2D eigenvalue weighted by atomic mass is 32.2.